The molecule has 2 N–H and O–H groups in total. The Morgan fingerprint density at radius 3 is 2.05 bits per heavy atom. The molecule has 12 heteroatoms. The third-order valence-corrected chi connectivity index (χ3v) is 6.74. The second kappa shape index (κ2) is 14.3. The van der Waals surface area contributed by atoms with Crippen molar-refractivity contribution in [2.24, 2.45) is 0 Å². The van der Waals surface area contributed by atoms with Gasteiger partial charge in [0, 0.05) is 51.2 Å². The Bertz CT molecular complexity index is 1720. The van der Waals surface area contributed by atoms with Gasteiger partial charge in [-0.05, 0) is 86.6 Å². The molecule has 0 fully saturated rings. The number of hydrogen-bond donors (Lipinski definition) is 2. The van der Waals surface area contributed by atoms with E-state index in [1.165, 1.54) is 24.3 Å². The van der Waals surface area contributed by atoms with Crippen LogP contribution in [-0.2, 0) is 0 Å². The van der Waals surface area contributed by atoms with Gasteiger partial charge in [-0.1, -0.05) is 41.4 Å². The first kappa shape index (κ1) is 32.4. The number of amides is 2. The van der Waals surface area contributed by atoms with Crippen molar-refractivity contribution in [2.45, 2.75) is 20.1 Å². The third kappa shape index (κ3) is 8.75. The number of nitrogens with one attached hydrogen (secondary N) is 2. The Morgan fingerprint density at radius 1 is 0.818 bits per heavy atom. The van der Waals surface area contributed by atoms with Crippen LogP contribution < -0.4 is 15.5 Å². The fraction of sp³-hybridized carbons (Fsp3) is 0.156. The van der Waals surface area contributed by atoms with Gasteiger partial charge in [-0.15, -0.1) is 0 Å². The number of anilines is 2. The summed E-state index contributed by atoms with van der Waals surface area (Å²) in [7, 11) is 0. The number of nitrogens with zero attached hydrogens (tertiary/aromatic N) is 2. The first-order valence-electron chi connectivity index (χ1n) is 13.4. The molecule has 2 amide bonds. The summed E-state index contributed by atoms with van der Waals surface area (Å²) in [5, 5.41) is 4.55. The number of rotatable bonds is 7. The van der Waals surface area contributed by atoms with E-state index in [0.29, 0.717) is 38.3 Å². The Hall–Kier alpha value is -4.54. The minimum Gasteiger partial charge on any atom is -0.436 e. The van der Waals surface area contributed by atoms with Crippen LogP contribution in [0.5, 0.6) is 0 Å². The summed E-state index contributed by atoms with van der Waals surface area (Å²) in [5.74, 6) is -0.918. The van der Waals surface area contributed by atoms with Crippen LogP contribution in [0.25, 0.3) is 22.6 Å². The van der Waals surface area contributed by atoms with E-state index in [0.717, 1.165) is 29.7 Å². The van der Waals surface area contributed by atoms with E-state index in [1.54, 1.807) is 42.5 Å². The smallest absolute Gasteiger partial charge is 0.436 e. The van der Waals surface area contributed by atoms with Crippen molar-refractivity contribution in [2.75, 3.05) is 23.3 Å². The molecule has 5 aromatic rings. The van der Waals surface area contributed by atoms with Crippen molar-refractivity contribution in [3.63, 3.8) is 0 Å². The SMILES string of the molecule is CCN(CC)c1ccc(-c2nc3cc(NC(=O)c4cc(Cl)cc(Cl)c4)ccc3o2)cc1.O=C(NC(F)(F)F)c1ccccc1. The van der Waals surface area contributed by atoms with Crippen molar-refractivity contribution in [3.8, 4) is 11.5 Å². The van der Waals surface area contributed by atoms with Crippen molar-refractivity contribution in [1.29, 1.82) is 0 Å². The zero-order chi connectivity index (χ0) is 31.9. The number of alkyl halides is 3. The normalized spacial score (nSPS) is 11.0. The Kier molecular flexibility index (Phi) is 10.5. The molecule has 0 aliphatic carbocycles. The Morgan fingerprint density at radius 2 is 1.45 bits per heavy atom. The molecule has 0 saturated carbocycles. The standard InChI is InChI=1S/C24H21Cl2N3O2.C8H6F3NO/c1-3-29(4-2)20-8-5-15(6-9-20)24-28-21-14-19(7-10-22(21)31-24)27-23(30)16-11-17(25)13-18(26)12-16;9-8(10,11)12-7(13)6-4-2-1-3-5-6/h5-14H,3-4H2,1-2H3,(H,27,30);1-5H,(H,12,13). The fourth-order valence-corrected chi connectivity index (χ4v) is 4.74. The van der Waals surface area contributed by atoms with Crippen LogP contribution in [-0.4, -0.2) is 36.2 Å². The summed E-state index contributed by atoms with van der Waals surface area (Å²) in [6, 6.07) is 25.4. The van der Waals surface area contributed by atoms with Crippen LogP contribution in [0.4, 0.5) is 24.5 Å². The average molecular weight is 643 g/mol. The van der Waals surface area contributed by atoms with Gasteiger partial charge in [0.15, 0.2) is 5.58 Å². The van der Waals surface area contributed by atoms with Crippen LogP contribution in [0.1, 0.15) is 34.6 Å². The van der Waals surface area contributed by atoms with Gasteiger partial charge in [0.1, 0.15) is 5.52 Å². The lowest BCUT2D eigenvalue weighted by atomic mass is 10.2. The van der Waals surface area contributed by atoms with Gasteiger partial charge in [0.2, 0.25) is 5.89 Å². The molecule has 7 nitrogen and oxygen atoms in total. The molecular formula is C32H27Cl2F3N4O3. The quantitative estimate of drug-likeness (QED) is 0.173. The van der Waals surface area contributed by atoms with E-state index in [2.05, 4.69) is 41.2 Å². The number of oxazole rings is 1. The van der Waals surface area contributed by atoms with Crippen molar-refractivity contribution in [3.05, 3.63) is 112 Å². The third-order valence-electron chi connectivity index (χ3n) is 6.30. The van der Waals surface area contributed by atoms with Crippen molar-refractivity contribution in [1.82, 2.24) is 10.3 Å². The first-order chi connectivity index (χ1) is 21.0. The Balaban J connectivity index is 0.000000285. The van der Waals surface area contributed by atoms with Crippen LogP contribution in [0.15, 0.2) is 95.4 Å². The molecule has 0 spiro atoms. The molecule has 0 aliphatic heterocycles. The van der Waals surface area contributed by atoms with Gasteiger partial charge in [0.25, 0.3) is 11.8 Å². The number of aromatic nitrogens is 1. The number of hydrogen-bond acceptors (Lipinski definition) is 5. The van der Waals surface area contributed by atoms with E-state index in [-0.39, 0.29) is 11.5 Å². The van der Waals surface area contributed by atoms with Crippen LogP contribution in [0, 0.1) is 0 Å². The maximum absolute atomic E-state index is 12.5. The number of carbonyl (C=O) groups is 2. The highest BCUT2D eigenvalue weighted by Gasteiger charge is 2.30. The molecule has 0 bridgehead atoms. The summed E-state index contributed by atoms with van der Waals surface area (Å²) >= 11 is 12.0. The summed E-state index contributed by atoms with van der Waals surface area (Å²) in [5.41, 5.74) is 4.33. The molecular weight excluding hydrogens is 616 g/mol. The maximum atomic E-state index is 12.5. The first-order valence-corrected chi connectivity index (χ1v) is 14.2. The van der Waals surface area contributed by atoms with E-state index in [4.69, 9.17) is 27.6 Å². The zero-order valence-corrected chi connectivity index (χ0v) is 25.1. The minimum atomic E-state index is -4.67. The van der Waals surface area contributed by atoms with Gasteiger partial charge in [-0.2, -0.15) is 13.2 Å². The van der Waals surface area contributed by atoms with Gasteiger partial charge >= 0.3 is 6.30 Å². The van der Waals surface area contributed by atoms with Crippen molar-refractivity contribution < 1.29 is 27.2 Å². The number of benzene rings is 4. The molecule has 0 saturated heterocycles. The highest BCUT2D eigenvalue weighted by Crippen LogP contribution is 2.28. The minimum absolute atomic E-state index is 0.0141. The number of halogens is 5. The van der Waals surface area contributed by atoms with Crippen LogP contribution in [0.2, 0.25) is 10.0 Å². The summed E-state index contributed by atoms with van der Waals surface area (Å²) in [6.07, 6.45) is -4.67. The van der Waals surface area contributed by atoms with Gasteiger partial charge < -0.3 is 14.6 Å². The lowest BCUT2D eigenvalue weighted by Crippen LogP contribution is -2.37. The molecule has 0 atom stereocenters. The molecule has 4 aromatic carbocycles. The van der Waals surface area contributed by atoms with Crippen LogP contribution in [0.3, 0.4) is 0 Å². The lowest BCUT2D eigenvalue weighted by Gasteiger charge is -2.20. The van der Waals surface area contributed by atoms with E-state index in [1.807, 2.05) is 12.1 Å². The Labute approximate surface area is 261 Å². The molecule has 0 aliphatic rings. The average Bonchev–Trinajstić information content (AvgIpc) is 3.41. The van der Waals surface area contributed by atoms with Crippen LogP contribution >= 0.6 is 23.2 Å². The second-order valence-corrected chi connectivity index (χ2v) is 10.2. The fourth-order valence-electron chi connectivity index (χ4n) is 4.21. The summed E-state index contributed by atoms with van der Waals surface area (Å²) in [4.78, 5) is 30.2. The highest BCUT2D eigenvalue weighted by atomic mass is 35.5. The number of carbonyl (C=O) groups excluding carboxylic acids is 2. The monoisotopic (exact) mass is 642 g/mol. The molecule has 0 radical (unpaired) electrons. The molecule has 1 heterocycles. The molecule has 228 valence electrons. The summed E-state index contributed by atoms with van der Waals surface area (Å²) < 4.78 is 40.9. The lowest BCUT2D eigenvalue weighted by molar-refractivity contribution is -0.146. The van der Waals surface area contributed by atoms with Gasteiger partial charge in [-0.3, -0.25) is 14.9 Å². The van der Waals surface area contributed by atoms with Gasteiger partial charge in [-0.25, -0.2) is 4.98 Å². The van der Waals surface area contributed by atoms with Gasteiger partial charge in [0.05, 0.1) is 0 Å². The predicted octanol–water partition coefficient (Wildman–Crippen LogP) is 8.84. The topological polar surface area (TPSA) is 87.5 Å². The maximum Gasteiger partial charge on any atom is 0.484 e. The number of fused-ring (bicyclic) bond motifs is 1. The van der Waals surface area contributed by atoms with E-state index in [9.17, 15) is 22.8 Å². The molecule has 44 heavy (non-hydrogen) atoms. The molecule has 1 aromatic heterocycles. The highest BCUT2D eigenvalue weighted by molar-refractivity contribution is 6.35. The largest absolute Gasteiger partial charge is 0.484 e. The summed E-state index contributed by atoms with van der Waals surface area (Å²) in [6.45, 7) is 6.17. The van der Waals surface area contributed by atoms with Crippen molar-refractivity contribution >= 4 is 57.5 Å². The predicted molar refractivity (Wildman–Crippen MR) is 167 cm³/mol. The molecule has 0 unspecified atom stereocenters. The zero-order valence-electron chi connectivity index (χ0n) is 23.6. The van der Waals surface area contributed by atoms with E-state index < -0.39 is 12.2 Å². The second-order valence-electron chi connectivity index (χ2n) is 9.35. The molecule has 5 rings (SSSR count). The van der Waals surface area contributed by atoms with E-state index >= 15 is 0 Å².